The van der Waals surface area contributed by atoms with Crippen molar-refractivity contribution in [1.82, 2.24) is 10.6 Å². The van der Waals surface area contributed by atoms with Crippen LogP contribution < -0.4 is 16.0 Å². The molecule has 3 aromatic carbocycles. The van der Waals surface area contributed by atoms with Crippen molar-refractivity contribution >= 4 is 17.6 Å². The fraction of sp³-hybridized carbons (Fsp3) is 0.130. The van der Waals surface area contributed by atoms with Gasteiger partial charge in [-0.2, -0.15) is 0 Å². The number of benzene rings is 3. The Bertz CT molecular complexity index is 844. The zero-order chi connectivity index (χ0) is 19.6. The number of rotatable bonds is 7. The van der Waals surface area contributed by atoms with E-state index in [0.29, 0.717) is 12.2 Å². The molecule has 0 aliphatic heterocycles. The average Bonchev–Trinajstić information content (AvgIpc) is 2.75. The highest BCUT2D eigenvalue weighted by molar-refractivity contribution is 5.92. The first kappa shape index (κ1) is 19.2. The molecule has 0 bridgehead atoms. The van der Waals surface area contributed by atoms with Crippen LogP contribution in [-0.2, 0) is 4.79 Å². The van der Waals surface area contributed by atoms with E-state index in [9.17, 15) is 9.59 Å². The minimum Gasteiger partial charge on any atom is -0.354 e. The van der Waals surface area contributed by atoms with Crippen LogP contribution in [0.4, 0.5) is 10.5 Å². The van der Waals surface area contributed by atoms with Crippen LogP contribution in [-0.4, -0.2) is 25.0 Å². The molecule has 5 nitrogen and oxygen atoms in total. The molecule has 0 aliphatic rings. The second kappa shape index (κ2) is 9.92. The zero-order valence-electron chi connectivity index (χ0n) is 15.5. The van der Waals surface area contributed by atoms with E-state index in [-0.39, 0.29) is 18.4 Å². The number of hydrogen-bond acceptors (Lipinski definition) is 2. The molecule has 5 heteroatoms. The molecule has 0 spiro atoms. The molecule has 0 atom stereocenters. The molecule has 0 fully saturated rings. The van der Waals surface area contributed by atoms with Crippen molar-refractivity contribution in [2.45, 2.75) is 5.92 Å². The van der Waals surface area contributed by atoms with Crippen LogP contribution in [0.2, 0.25) is 0 Å². The van der Waals surface area contributed by atoms with Gasteiger partial charge in [0.1, 0.15) is 0 Å². The third-order valence-electron chi connectivity index (χ3n) is 4.35. The van der Waals surface area contributed by atoms with Gasteiger partial charge in [-0.3, -0.25) is 4.79 Å². The lowest BCUT2D eigenvalue weighted by Crippen LogP contribution is -2.40. The number of hydrogen-bond donors (Lipinski definition) is 3. The summed E-state index contributed by atoms with van der Waals surface area (Å²) in [6.07, 6.45) is 0. The van der Waals surface area contributed by atoms with Crippen LogP contribution in [0, 0.1) is 0 Å². The summed E-state index contributed by atoms with van der Waals surface area (Å²) in [5, 5.41) is 8.17. The Morgan fingerprint density at radius 2 is 1.18 bits per heavy atom. The van der Waals surface area contributed by atoms with Gasteiger partial charge in [-0.15, -0.1) is 0 Å². The predicted molar refractivity (Wildman–Crippen MR) is 111 cm³/mol. The lowest BCUT2D eigenvalue weighted by atomic mass is 9.91. The van der Waals surface area contributed by atoms with E-state index in [1.165, 1.54) is 0 Å². The van der Waals surface area contributed by atoms with E-state index in [1.807, 2.05) is 54.6 Å². The number of carbonyl (C=O) groups excluding carboxylic acids is 2. The van der Waals surface area contributed by atoms with Crippen LogP contribution in [0.1, 0.15) is 17.0 Å². The highest BCUT2D eigenvalue weighted by Crippen LogP contribution is 2.23. The Morgan fingerprint density at radius 3 is 1.71 bits per heavy atom. The summed E-state index contributed by atoms with van der Waals surface area (Å²) in [6.45, 7) is 0.365. The maximum absolute atomic E-state index is 12.2. The Balaban J connectivity index is 1.53. The topological polar surface area (TPSA) is 70.2 Å². The monoisotopic (exact) mass is 373 g/mol. The SMILES string of the molecule is O=C(CNC(=O)Nc1ccccc1)NCC(c1ccccc1)c1ccccc1. The van der Waals surface area contributed by atoms with Crippen molar-refractivity contribution in [1.29, 1.82) is 0 Å². The van der Waals surface area contributed by atoms with Crippen LogP contribution in [0.15, 0.2) is 91.0 Å². The number of anilines is 1. The summed E-state index contributed by atoms with van der Waals surface area (Å²) in [4.78, 5) is 24.1. The highest BCUT2D eigenvalue weighted by Gasteiger charge is 2.15. The van der Waals surface area contributed by atoms with E-state index in [4.69, 9.17) is 0 Å². The number of carbonyl (C=O) groups is 2. The maximum atomic E-state index is 12.2. The zero-order valence-corrected chi connectivity index (χ0v) is 15.5. The van der Waals surface area contributed by atoms with Crippen LogP contribution >= 0.6 is 0 Å². The summed E-state index contributed by atoms with van der Waals surface area (Å²) >= 11 is 0. The van der Waals surface area contributed by atoms with Crippen LogP contribution in [0.3, 0.4) is 0 Å². The van der Waals surface area contributed by atoms with Crippen molar-refractivity contribution in [2.24, 2.45) is 0 Å². The molecule has 3 amide bonds. The highest BCUT2D eigenvalue weighted by atomic mass is 16.2. The summed E-state index contributed by atoms with van der Waals surface area (Å²) in [7, 11) is 0. The standard InChI is InChI=1S/C23H23N3O2/c27-22(17-25-23(28)26-20-14-8-3-9-15-20)24-16-21(18-10-4-1-5-11-18)19-12-6-2-7-13-19/h1-15,21H,16-17H2,(H,24,27)(H2,25,26,28). The Labute approximate surface area is 164 Å². The largest absolute Gasteiger partial charge is 0.354 e. The van der Waals surface area contributed by atoms with Crippen LogP contribution in [0.25, 0.3) is 0 Å². The van der Waals surface area contributed by atoms with E-state index in [2.05, 4.69) is 40.2 Å². The molecule has 0 heterocycles. The van der Waals surface area contributed by atoms with Gasteiger partial charge in [-0.25, -0.2) is 4.79 Å². The van der Waals surface area contributed by atoms with Crippen molar-refractivity contribution in [3.8, 4) is 0 Å². The van der Waals surface area contributed by atoms with Gasteiger partial charge in [0.15, 0.2) is 0 Å². The molecule has 0 unspecified atom stereocenters. The molecule has 0 aromatic heterocycles. The maximum Gasteiger partial charge on any atom is 0.319 e. The second-order valence-electron chi connectivity index (χ2n) is 6.35. The summed E-state index contributed by atoms with van der Waals surface area (Å²) in [6, 6.07) is 28.8. The van der Waals surface area contributed by atoms with E-state index < -0.39 is 6.03 Å². The van der Waals surface area contributed by atoms with Gasteiger partial charge in [0.2, 0.25) is 5.91 Å². The first-order chi connectivity index (χ1) is 13.7. The minimum absolute atomic E-state index is 0.0458. The molecule has 0 saturated heterocycles. The van der Waals surface area contributed by atoms with Gasteiger partial charge in [-0.05, 0) is 23.3 Å². The van der Waals surface area contributed by atoms with Gasteiger partial charge in [-0.1, -0.05) is 78.9 Å². The summed E-state index contributed by atoms with van der Waals surface area (Å²) in [5.41, 5.74) is 2.93. The lowest BCUT2D eigenvalue weighted by molar-refractivity contribution is -0.120. The first-order valence-corrected chi connectivity index (χ1v) is 9.19. The third kappa shape index (κ3) is 5.71. The van der Waals surface area contributed by atoms with Crippen molar-refractivity contribution in [3.05, 3.63) is 102 Å². The summed E-state index contributed by atoms with van der Waals surface area (Å²) in [5.74, 6) is -0.190. The molecule has 142 valence electrons. The Hall–Kier alpha value is -3.60. The van der Waals surface area contributed by atoms with Crippen molar-refractivity contribution in [2.75, 3.05) is 18.4 Å². The number of para-hydroxylation sites is 1. The molecule has 3 N–H and O–H groups in total. The normalized spacial score (nSPS) is 10.3. The smallest absolute Gasteiger partial charge is 0.319 e. The molecule has 0 radical (unpaired) electrons. The van der Waals surface area contributed by atoms with Crippen molar-refractivity contribution in [3.63, 3.8) is 0 Å². The number of nitrogens with one attached hydrogen (secondary N) is 3. The van der Waals surface area contributed by atoms with Gasteiger partial charge in [0.25, 0.3) is 0 Å². The molecule has 3 aromatic rings. The van der Waals surface area contributed by atoms with E-state index in [1.54, 1.807) is 12.1 Å². The third-order valence-corrected chi connectivity index (χ3v) is 4.35. The first-order valence-electron chi connectivity index (χ1n) is 9.19. The number of amides is 3. The van der Waals surface area contributed by atoms with Gasteiger partial charge in [0.05, 0.1) is 6.54 Å². The Morgan fingerprint density at radius 1 is 0.679 bits per heavy atom. The molecule has 0 aliphatic carbocycles. The van der Waals surface area contributed by atoms with Crippen molar-refractivity contribution < 1.29 is 9.59 Å². The predicted octanol–water partition coefficient (Wildman–Crippen LogP) is 3.76. The second-order valence-corrected chi connectivity index (χ2v) is 6.35. The molecule has 3 rings (SSSR count). The minimum atomic E-state index is -0.413. The molecular weight excluding hydrogens is 350 g/mol. The molecule has 28 heavy (non-hydrogen) atoms. The fourth-order valence-electron chi connectivity index (χ4n) is 2.93. The molecular formula is C23H23N3O2. The average molecular weight is 373 g/mol. The molecule has 0 saturated carbocycles. The Kier molecular flexibility index (Phi) is 6.79. The lowest BCUT2D eigenvalue weighted by Gasteiger charge is -2.19. The van der Waals surface area contributed by atoms with Gasteiger partial charge >= 0.3 is 6.03 Å². The summed E-state index contributed by atoms with van der Waals surface area (Å²) < 4.78 is 0. The van der Waals surface area contributed by atoms with Gasteiger partial charge in [0, 0.05) is 18.2 Å². The fourth-order valence-corrected chi connectivity index (χ4v) is 2.93. The van der Waals surface area contributed by atoms with Gasteiger partial charge < -0.3 is 16.0 Å². The van der Waals surface area contributed by atoms with E-state index in [0.717, 1.165) is 11.1 Å². The van der Waals surface area contributed by atoms with Crippen LogP contribution in [0.5, 0.6) is 0 Å². The number of urea groups is 1. The quantitative estimate of drug-likeness (QED) is 0.590. The van der Waals surface area contributed by atoms with E-state index >= 15 is 0 Å².